The van der Waals surface area contributed by atoms with Gasteiger partial charge in [-0.3, -0.25) is 4.57 Å². The molecule has 14 heteroatoms. The molecule has 2 aliphatic rings. The van der Waals surface area contributed by atoms with Crippen molar-refractivity contribution in [2.75, 3.05) is 30.9 Å². The number of hydrogen-bond acceptors (Lipinski definition) is 6. The molecule has 1 amide bonds. The van der Waals surface area contributed by atoms with Gasteiger partial charge in [-0.15, -0.1) is 0 Å². The maximum Gasteiger partial charge on any atom is 0.416 e. The lowest BCUT2D eigenvalue weighted by atomic mass is 10.1. The number of amides is 1. The predicted octanol–water partition coefficient (Wildman–Crippen LogP) is 6.49. The van der Waals surface area contributed by atoms with E-state index in [1.807, 2.05) is 13.8 Å². The van der Waals surface area contributed by atoms with E-state index in [9.17, 15) is 27.2 Å². The van der Waals surface area contributed by atoms with E-state index in [-0.39, 0.29) is 41.6 Å². The molecule has 1 aromatic heterocycles. The number of benzene rings is 2. The van der Waals surface area contributed by atoms with Crippen molar-refractivity contribution in [3.8, 4) is 0 Å². The molecule has 8 nitrogen and oxygen atoms in total. The third-order valence-electron chi connectivity index (χ3n) is 7.86. The maximum absolute atomic E-state index is 14.5. The molecule has 4 atom stereocenters. The number of alkyl halides is 3. The number of aromatic nitrogens is 2. The number of piperazine rings is 1. The van der Waals surface area contributed by atoms with Gasteiger partial charge < -0.3 is 19.3 Å². The fraction of sp³-hybridized carbons (Fsp3) is 0.500. The van der Waals surface area contributed by atoms with Crippen molar-refractivity contribution in [2.45, 2.75) is 80.9 Å². The first-order valence-corrected chi connectivity index (χ1v) is 16.1. The van der Waals surface area contributed by atoms with Crippen LogP contribution in [0.1, 0.15) is 40.2 Å². The monoisotopic (exact) mass is 658 g/mol. The van der Waals surface area contributed by atoms with Crippen LogP contribution in [-0.4, -0.2) is 70.3 Å². The molecular formula is C30H35ClF4N4O4S. The van der Waals surface area contributed by atoms with Gasteiger partial charge in [-0.2, -0.15) is 29.1 Å². The second-order valence-corrected chi connectivity index (χ2v) is 14.9. The number of rotatable bonds is 3. The number of carbonyl (C=O) groups excluding carboxylic acids is 1. The number of ether oxygens (including phenoxy) is 2. The van der Waals surface area contributed by atoms with Gasteiger partial charge in [0.1, 0.15) is 17.2 Å². The van der Waals surface area contributed by atoms with Crippen molar-refractivity contribution < 1.29 is 31.8 Å². The van der Waals surface area contributed by atoms with Crippen LogP contribution < -0.4 is 10.6 Å². The van der Waals surface area contributed by atoms with E-state index in [0.29, 0.717) is 15.3 Å². The summed E-state index contributed by atoms with van der Waals surface area (Å²) < 4.78 is 70.1. The van der Waals surface area contributed by atoms with Crippen molar-refractivity contribution in [3.63, 3.8) is 0 Å². The van der Waals surface area contributed by atoms with Crippen LogP contribution in [0.5, 0.6) is 0 Å². The first kappa shape index (κ1) is 32.4. The van der Waals surface area contributed by atoms with Crippen molar-refractivity contribution in [1.29, 1.82) is 0 Å². The Balaban J connectivity index is 1.72. The second kappa shape index (κ2) is 11.7. The standard InChI is InChI=1S/C30H35ClF4N4O4S/c1-16-13-38(28(41)43-29(3,4)5)17(2)12-37(16)26-21-9-18(30(33,34)35)10-24-25(21)39(27(40)36-26)14-19(42-6)15-44(24)20-7-8-23(32)22(31)11-20/h7-11,16-17,19,44H,12-15H2,1-6H3/t16-,17+,19-/m0/s1. The number of thiol groups is 1. The van der Waals surface area contributed by atoms with Crippen LogP contribution >= 0.6 is 22.5 Å². The van der Waals surface area contributed by atoms with Crippen molar-refractivity contribution in [2.24, 2.45) is 0 Å². The molecule has 1 saturated heterocycles. The summed E-state index contributed by atoms with van der Waals surface area (Å²) >= 11 is 6.12. The third kappa shape index (κ3) is 6.23. The van der Waals surface area contributed by atoms with Gasteiger partial charge in [0.2, 0.25) is 0 Å². The smallest absolute Gasteiger partial charge is 0.416 e. The molecule has 0 saturated carbocycles. The molecule has 0 spiro atoms. The van der Waals surface area contributed by atoms with Crippen LogP contribution in [0.2, 0.25) is 5.02 Å². The topological polar surface area (TPSA) is 76.9 Å². The molecule has 44 heavy (non-hydrogen) atoms. The number of anilines is 1. The molecule has 5 rings (SSSR count). The average molecular weight is 659 g/mol. The van der Waals surface area contributed by atoms with E-state index < -0.39 is 64.0 Å². The quantitative estimate of drug-likeness (QED) is 0.256. The van der Waals surface area contributed by atoms with E-state index in [1.165, 1.54) is 29.9 Å². The van der Waals surface area contributed by atoms with E-state index in [0.717, 1.165) is 12.1 Å². The van der Waals surface area contributed by atoms with Gasteiger partial charge in [0.05, 0.1) is 28.8 Å². The highest BCUT2D eigenvalue weighted by molar-refractivity contribution is 8.17. The largest absolute Gasteiger partial charge is 0.444 e. The summed E-state index contributed by atoms with van der Waals surface area (Å²) in [6.07, 6.45) is -5.73. The Morgan fingerprint density at radius 2 is 1.77 bits per heavy atom. The Labute approximate surface area is 260 Å². The zero-order valence-corrected chi connectivity index (χ0v) is 26.9. The fourth-order valence-electron chi connectivity index (χ4n) is 5.74. The summed E-state index contributed by atoms with van der Waals surface area (Å²) in [6, 6.07) is 5.45. The molecule has 2 aliphatic heterocycles. The lowest BCUT2D eigenvalue weighted by molar-refractivity contribution is -0.137. The summed E-state index contributed by atoms with van der Waals surface area (Å²) in [5.41, 5.74) is -1.89. The normalized spacial score (nSPS) is 23.5. The Hall–Kier alpha value is -3.03. The molecule has 0 N–H and O–H groups in total. The molecule has 240 valence electrons. The van der Waals surface area contributed by atoms with Gasteiger partial charge in [-0.25, -0.2) is 14.0 Å². The van der Waals surface area contributed by atoms with Gasteiger partial charge in [0.25, 0.3) is 0 Å². The summed E-state index contributed by atoms with van der Waals surface area (Å²) in [5, 5.41) is 0.0153. The average Bonchev–Trinajstić information content (AvgIpc) is 3.09. The minimum atomic E-state index is -4.70. The van der Waals surface area contributed by atoms with Crippen LogP contribution in [-0.2, 0) is 22.2 Å². The Morgan fingerprint density at radius 3 is 2.39 bits per heavy atom. The zero-order chi connectivity index (χ0) is 32.3. The lowest BCUT2D eigenvalue weighted by Crippen LogP contribution is -2.59. The van der Waals surface area contributed by atoms with Crippen LogP contribution in [0.3, 0.4) is 0 Å². The number of carbonyl (C=O) groups is 1. The number of hydrogen-bond donors (Lipinski definition) is 1. The maximum atomic E-state index is 14.5. The van der Waals surface area contributed by atoms with Crippen molar-refractivity contribution >= 4 is 45.3 Å². The fourth-order valence-corrected chi connectivity index (χ4v) is 8.69. The minimum Gasteiger partial charge on any atom is -0.444 e. The summed E-state index contributed by atoms with van der Waals surface area (Å²) in [7, 11) is -0.102. The van der Waals surface area contributed by atoms with Gasteiger partial charge in [-0.05, 0) is 69.8 Å². The first-order valence-electron chi connectivity index (χ1n) is 14.2. The summed E-state index contributed by atoms with van der Waals surface area (Å²) in [4.78, 5) is 35.2. The zero-order valence-electron chi connectivity index (χ0n) is 25.2. The van der Waals surface area contributed by atoms with Crippen LogP contribution in [0.25, 0.3) is 10.9 Å². The Kier molecular flexibility index (Phi) is 8.62. The minimum absolute atomic E-state index is 0.0730. The number of nitrogens with zero attached hydrogens (tertiary/aromatic N) is 4. The molecular weight excluding hydrogens is 624 g/mol. The molecule has 1 fully saturated rings. The highest BCUT2D eigenvalue weighted by Gasteiger charge is 2.39. The summed E-state index contributed by atoms with van der Waals surface area (Å²) in [5.74, 6) is -0.253. The van der Waals surface area contributed by atoms with Gasteiger partial charge in [0.15, 0.2) is 0 Å². The predicted molar refractivity (Wildman–Crippen MR) is 163 cm³/mol. The SMILES string of the molecule is CO[C@H]1Cn2c(=O)nc(N3C[C@@H](C)N(C(=O)OC(C)(C)C)C[C@@H]3C)c3cc(C(F)(F)F)cc(c32)[SH](c2ccc(F)c(Cl)c2)C1. The Bertz CT molecular complexity index is 1660. The molecule has 1 unspecified atom stereocenters. The van der Waals surface area contributed by atoms with E-state index >= 15 is 0 Å². The van der Waals surface area contributed by atoms with Crippen LogP contribution in [0.4, 0.5) is 28.2 Å². The molecule has 2 aromatic carbocycles. The van der Waals surface area contributed by atoms with E-state index in [2.05, 4.69) is 4.98 Å². The highest BCUT2D eigenvalue weighted by atomic mass is 35.5. The molecule has 0 radical (unpaired) electrons. The van der Waals surface area contributed by atoms with Gasteiger partial charge in [-0.1, -0.05) is 11.6 Å². The van der Waals surface area contributed by atoms with Gasteiger partial charge in [0, 0.05) is 48.3 Å². The molecule has 0 bridgehead atoms. The van der Waals surface area contributed by atoms with Crippen LogP contribution in [0, 0.1) is 5.82 Å². The highest BCUT2D eigenvalue weighted by Crippen LogP contribution is 2.52. The third-order valence-corrected chi connectivity index (χ3v) is 10.7. The second-order valence-electron chi connectivity index (χ2n) is 12.3. The molecule has 0 aliphatic carbocycles. The molecule has 3 aromatic rings. The Morgan fingerprint density at radius 1 is 1.07 bits per heavy atom. The lowest BCUT2D eigenvalue weighted by Gasteiger charge is -2.45. The summed E-state index contributed by atoms with van der Waals surface area (Å²) in [6.45, 7) is 9.44. The van der Waals surface area contributed by atoms with E-state index in [1.54, 1.807) is 30.6 Å². The van der Waals surface area contributed by atoms with Crippen molar-refractivity contribution in [3.05, 3.63) is 57.2 Å². The number of methoxy groups -OCH3 is 1. The first-order chi connectivity index (χ1) is 20.5. The van der Waals surface area contributed by atoms with Crippen molar-refractivity contribution in [1.82, 2.24) is 14.5 Å². The van der Waals surface area contributed by atoms with Crippen LogP contribution in [0.15, 0.2) is 44.9 Å². The molecule has 3 heterocycles. The van der Waals surface area contributed by atoms with E-state index in [4.69, 9.17) is 21.1 Å². The number of halogens is 5. The van der Waals surface area contributed by atoms with Gasteiger partial charge >= 0.3 is 18.0 Å².